The van der Waals surface area contributed by atoms with Crippen LogP contribution in [0.2, 0.25) is 10.0 Å². The molecule has 1 aliphatic rings. The van der Waals surface area contributed by atoms with Gasteiger partial charge in [-0.25, -0.2) is 0 Å². The van der Waals surface area contributed by atoms with Gasteiger partial charge in [0.2, 0.25) is 5.91 Å². The van der Waals surface area contributed by atoms with Crippen LogP contribution in [0.5, 0.6) is 0 Å². The summed E-state index contributed by atoms with van der Waals surface area (Å²) < 4.78 is 11.1. The van der Waals surface area contributed by atoms with Gasteiger partial charge in [-0.2, -0.15) is 0 Å². The Morgan fingerprint density at radius 2 is 1.77 bits per heavy atom. The summed E-state index contributed by atoms with van der Waals surface area (Å²) >= 11 is 12.1. The maximum Gasteiger partial charge on any atom is 0.248 e. The fourth-order valence-electron chi connectivity index (χ4n) is 3.36. The highest BCUT2D eigenvalue weighted by atomic mass is 35.5. The van der Waals surface area contributed by atoms with Gasteiger partial charge in [-0.05, 0) is 54.6 Å². The van der Waals surface area contributed by atoms with Crippen LogP contribution in [0.25, 0.3) is 17.4 Å². The molecule has 3 N–H and O–H groups in total. The molecule has 0 saturated carbocycles. The largest absolute Gasteiger partial charge is 0.457 e. The van der Waals surface area contributed by atoms with E-state index in [2.05, 4.69) is 10.2 Å². The minimum Gasteiger partial charge on any atom is -0.457 e. The molecule has 1 aromatic heterocycles. The number of rotatable bonds is 5. The summed E-state index contributed by atoms with van der Waals surface area (Å²) in [5.74, 6) is 0.849. The fourth-order valence-corrected chi connectivity index (χ4v) is 3.89. The zero-order valence-corrected chi connectivity index (χ0v) is 18.1. The van der Waals surface area contributed by atoms with Crippen LogP contribution in [0.3, 0.4) is 0 Å². The predicted molar refractivity (Wildman–Crippen MR) is 126 cm³/mol. The Bertz CT molecular complexity index is 1100. The minimum absolute atomic E-state index is 0.290. The van der Waals surface area contributed by atoms with Crippen LogP contribution >= 0.6 is 23.2 Å². The summed E-state index contributed by atoms with van der Waals surface area (Å²) in [4.78, 5) is 14.5. The van der Waals surface area contributed by atoms with Crippen LogP contribution < -0.4 is 16.0 Å². The van der Waals surface area contributed by atoms with E-state index in [1.54, 1.807) is 42.5 Å². The van der Waals surface area contributed by atoms with Crippen molar-refractivity contribution >= 4 is 52.2 Å². The summed E-state index contributed by atoms with van der Waals surface area (Å²) in [6.45, 7) is 2.96. The summed E-state index contributed by atoms with van der Waals surface area (Å²) in [7, 11) is 0. The number of hydrogen-bond acceptors (Lipinski definition) is 5. The molecule has 0 unspecified atom stereocenters. The van der Waals surface area contributed by atoms with Crippen LogP contribution in [0.15, 0.2) is 59.0 Å². The van der Waals surface area contributed by atoms with Gasteiger partial charge in [0.1, 0.15) is 11.5 Å². The first kappa shape index (κ1) is 21.3. The van der Waals surface area contributed by atoms with Crippen molar-refractivity contribution in [3.8, 4) is 11.3 Å². The molecule has 0 bridgehead atoms. The van der Waals surface area contributed by atoms with Gasteiger partial charge >= 0.3 is 0 Å². The van der Waals surface area contributed by atoms with E-state index in [0.717, 1.165) is 24.3 Å². The zero-order valence-electron chi connectivity index (χ0n) is 16.6. The van der Waals surface area contributed by atoms with E-state index in [0.29, 0.717) is 46.2 Å². The number of anilines is 3. The van der Waals surface area contributed by atoms with Crippen LogP contribution in [0.4, 0.5) is 17.1 Å². The van der Waals surface area contributed by atoms with Crippen LogP contribution in [0, 0.1) is 0 Å². The van der Waals surface area contributed by atoms with Gasteiger partial charge < -0.3 is 25.1 Å². The number of nitrogens with zero attached hydrogens (tertiary/aromatic N) is 1. The first-order valence-electron chi connectivity index (χ1n) is 9.75. The predicted octanol–water partition coefficient (Wildman–Crippen LogP) is 5.32. The van der Waals surface area contributed by atoms with Gasteiger partial charge in [0.15, 0.2) is 0 Å². The van der Waals surface area contributed by atoms with Crippen molar-refractivity contribution in [3.05, 3.63) is 70.4 Å². The number of ether oxygens (including phenoxy) is 1. The molecule has 3 aromatic rings. The number of morpholine rings is 1. The van der Waals surface area contributed by atoms with E-state index in [-0.39, 0.29) is 5.91 Å². The molecule has 160 valence electrons. The lowest BCUT2D eigenvalue weighted by atomic mass is 10.2. The molecule has 2 aromatic carbocycles. The van der Waals surface area contributed by atoms with Gasteiger partial charge in [0, 0.05) is 40.5 Å². The molecule has 2 heterocycles. The molecule has 0 aliphatic carbocycles. The van der Waals surface area contributed by atoms with E-state index >= 15 is 0 Å². The number of carbonyl (C=O) groups is 1. The first-order chi connectivity index (χ1) is 15.0. The standard InChI is InChI=1S/C23H21Cl2N3O3/c24-16-11-15(12-17(25)13-16)22-5-2-19(31-22)3-6-23(29)27-18-1-4-21(20(26)14-18)28-7-9-30-10-8-28/h1-6,11-14H,7-10,26H2,(H,27,29)/b6-3+. The molecular weight excluding hydrogens is 437 g/mol. The lowest BCUT2D eigenvalue weighted by molar-refractivity contribution is -0.111. The van der Waals surface area contributed by atoms with E-state index in [4.69, 9.17) is 38.1 Å². The molecule has 1 fully saturated rings. The highest BCUT2D eigenvalue weighted by Crippen LogP contribution is 2.29. The maximum atomic E-state index is 12.3. The molecule has 1 aliphatic heterocycles. The molecule has 8 heteroatoms. The molecule has 1 amide bonds. The van der Waals surface area contributed by atoms with Crippen LogP contribution in [-0.4, -0.2) is 32.2 Å². The monoisotopic (exact) mass is 457 g/mol. The number of nitrogen functional groups attached to an aromatic ring is 1. The summed E-state index contributed by atoms with van der Waals surface area (Å²) in [5, 5.41) is 3.86. The smallest absolute Gasteiger partial charge is 0.248 e. The number of halogens is 2. The van der Waals surface area contributed by atoms with Crippen molar-refractivity contribution in [1.82, 2.24) is 0 Å². The average Bonchev–Trinajstić information content (AvgIpc) is 3.22. The van der Waals surface area contributed by atoms with Gasteiger partial charge in [-0.1, -0.05) is 23.2 Å². The molecule has 31 heavy (non-hydrogen) atoms. The second-order valence-corrected chi connectivity index (χ2v) is 7.93. The Balaban J connectivity index is 1.40. The number of carbonyl (C=O) groups excluding carboxylic acids is 1. The summed E-state index contributed by atoms with van der Waals surface area (Å²) in [6, 6.07) is 14.2. The Morgan fingerprint density at radius 1 is 1.03 bits per heavy atom. The Hall–Kier alpha value is -2.93. The minimum atomic E-state index is -0.290. The van der Waals surface area contributed by atoms with Crippen molar-refractivity contribution < 1.29 is 13.9 Å². The molecule has 1 saturated heterocycles. The Kier molecular flexibility index (Phi) is 6.51. The lowest BCUT2D eigenvalue weighted by Crippen LogP contribution is -2.36. The quantitative estimate of drug-likeness (QED) is 0.399. The van der Waals surface area contributed by atoms with E-state index in [1.165, 1.54) is 6.08 Å². The maximum absolute atomic E-state index is 12.3. The van der Waals surface area contributed by atoms with Crippen molar-refractivity contribution in [3.63, 3.8) is 0 Å². The van der Waals surface area contributed by atoms with Crippen LogP contribution in [-0.2, 0) is 9.53 Å². The summed E-state index contributed by atoms with van der Waals surface area (Å²) in [6.07, 6.45) is 3.00. The lowest BCUT2D eigenvalue weighted by Gasteiger charge is -2.30. The Morgan fingerprint density at radius 3 is 2.48 bits per heavy atom. The van der Waals surface area contributed by atoms with Crippen molar-refractivity contribution in [1.29, 1.82) is 0 Å². The van der Waals surface area contributed by atoms with Crippen molar-refractivity contribution in [2.45, 2.75) is 0 Å². The summed E-state index contributed by atoms with van der Waals surface area (Å²) in [5.41, 5.74) is 9.13. The van der Waals surface area contributed by atoms with E-state index in [9.17, 15) is 4.79 Å². The molecular formula is C23H21Cl2N3O3. The number of furan rings is 1. The third-order valence-electron chi connectivity index (χ3n) is 4.82. The van der Waals surface area contributed by atoms with Gasteiger partial charge in [0.25, 0.3) is 0 Å². The van der Waals surface area contributed by atoms with E-state index in [1.807, 2.05) is 12.1 Å². The highest BCUT2D eigenvalue weighted by molar-refractivity contribution is 6.35. The number of hydrogen-bond donors (Lipinski definition) is 2. The SMILES string of the molecule is Nc1cc(NC(=O)/C=C/c2ccc(-c3cc(Cl)cc(Cl)c3)o2)ccc1N1CCOCC1. The average molecular weight is 458 g/mol. The zero-order chi connectivity index (χ0) is 21.8. The molecule has 4 rings (SSSR count). The van der Waals surface area contributed by atoms with Gasteiger partial charge in [0.05, 0.1) is 24.6 Å². The van der Waals surface area contributed by atoms with Crippen LogP contribution in [0.1, 0.15) is 5.76 Å². The fraction of sp³-hybridized carbons (Fsp3) is 0.174. The van der Waals surface area contributed by atoms with Crippen molar-refractivity contribution in [2.75, 3.05) is 42.3 Å². The number of amides is 1. The van der Waals surface area contributed by atoms with Crippen molar-refractivity contribution in [2.24, 2.45) is 0 Å². The number of nitrogens with one attached hydrogen (secondary N) is 1. The number of benzene rings is 2. The third kappa shape index (κ3) is 5.41. The molecule has 0 atom stereocenters. The second kappa shape index (κ2) is 9.47. The molecule has 0 spiro atoms. The third-order valence-corrected chi connectivity index (χ3v) is 5.26. The number of nitrogens with two attached hydrogens (primary N) is 1. The van der Waals surface area contributed by atoms with Gasteiger partial charge in [-0.3, -0.25) is 4.79 Å². The van der Waals surface area contributed by atoms with Gasteiger partial charge in [-0.15, -0.1) is 0 Å². The topological polar surface area (TPSA) is 80.7 Å². The molecule has 6 nitrogen and oxygen atoms in total. The Labute approximate surface area is 190 Å². The molecule has 0 radical (unpaired) electrons. The highest BCUT2D eigenvalue weighted by Gasteiger charge is 2.14. The normalized spacial score (nSPS) is 14.2. The first-order valence-corrected chi connectivity index (χ1v) is 10.5. The second-order valence-electron chi connectivity index (χ2n) is 7.06. The van der Waals surface area contributed by atoms with E-state index < -0.39 is 0 Å².